The summed E-state index contributed by atoms with van der Waals surface area (Å²) in [5.74, 6) is -0.594. The van der Waals surface area contributed by atoms with Gasteiger partial charge in [-0.2, -0.15) is 4.68 Å². The number of sulfonamides is 1. The molecule has 0 saturated carbocycles. The lowest BCUT2D eigenvalue weighted by Gasteiger charge is -2.10. The first-order valence-electron chi connectivity index (χ1n) is 8.26. The number of tetrazole rings is 1. The van der Waals surface area contributed by atoms with Crippen LogP contribution in [0.4, 0.5) is 10.1 Å². The lowest BCUT2D eigenvalue weighted by Crippen LogP contribution is -2.27. The van der Waals surface area contributed by atoms with E-state index in [1.807, 2.05) is 0 Å². The molecule has 1 amide bonds. The number of nitrogens with zero attached hydrogens (tertiary/aromatic N) is 4. The van der Waals surface area contributed by atoms with Gasteiger partial charge >= 0.3 is 0 Å². The van der Waals surface area contributed by atoms with Gasteiger partial charge in [0, 0.05) is 18.7 Å². The molecule has 11 heteroatoms. The zero-order valence-corrected chi connectivity index (χ0v) is 15.6. The average Bonchev–Trinajstić information content (AvgIpc) is 3.09. The smallest absolute Gasteiger partial charge is 0.240 e. The van der Waals surface area contributed by atoms with Gasteiger partial charge in [-0.05, 0) is 47.7 Å². The number of nitrogens with one attached hydrogen (secondary N) is 2. The molecule has 1 heterocycles. The summed E-state index contributed by atoms with van der Waals surface area (Å²) in [5.41, 5.74) is 0.423. The molecule has 1 aromatic heterocycles. The Kier molecular flexibility index (Phi) is 5.76. The zero-order valence-electron chi connectivity index (χ0n) is 14.8. The Morgan fingerprint density at radius 2 is 1.93 bits per heavy atom. The van der Waals surface area contributed by atoms with Crippen LogP contribution in [0.5, 0.6) is 0 Å². The first-order chi connectivity index (χ1) is 13.4. The van der Waals surface area contributed by atoms with Gasteiger partial charge in [0.2, 0.25) is 15.9 Å². The lowest BCUT2D eigenvalue weighted by molar-refractivity contribution is -0.116. The zero-order chi connectivity index (χ0) is 20.1. The molecule has 146 valence electrons. The minimum Gasteiger partial charge on any atom is -0.326 e. The summed E-state index contributed by atoms with van der Waals surface area (Å²) in [6, 6.07) is 11.8. The van der Waals surface area contributed by atoms with Gasteiger partial charge in [-0.3, -0.25) is 4.79 Å². The average molecular weight is 404 g/mol. The normalized spacial score (nSPS) is 11.4. The maximum Gasteiger partial charge on any atom is 0.240 e. The third-order valence-corrected chi connectivity index (χ3v) is 5.26. The molecule has 0 fully saturated rings. The second-order valence-corrected chi connectivity index (χ2v) is 7.58. The van der Waals surface area contributed by atoms with Crippen molar-refractivity contribution in [1.29, 1.82) is 0 Å². The Morgan fingerprint density at radius 3 is 2.61 bits per heavy atom. The maximum absolute atomic E-state index is 14.0. The van der Waals surface area contributed by atoms with Crippen molar-refractivity contribution < 1.29 is 17.6 Å². The van der Waals surface area contributed by atoms with E-state index in [9.17, 15) is 17.6 Å². The Labute approximate surface area is 160 Å². The third-order valence-electron chi connectivity index (χ3n) is 3.78. The van der Waals surface area contributed by atoms with Crippen molar-refractivity contribution in [2.75, 3.05) is 11.9 Å². The van der Waals surface area contributed by atoms with Crippen LogP contribution in [-0.4, -0.2) is 41.1 Å². The molecule has 2 N–H and O–H groups in total. The van der Waals surface area contributed by atoms with Crippen LogP contribution >= 0.6 is 0 Å². The summed E-state index contributed by atoms with van der Waals surface area (Å²) in [6.45, 7) is 1.53. The lowest BCUT2D eigenvalue weighted by atomic mass is 10.2. The van der Waals surface area contributed by atoms with Crippen molar-refractivity contribution in [3.8, 4) is 5.69 Å². The minimum absolute atomic E-state index is 0.0801. The molecule has 0 unspecified atom stereocenters. The van der Waals surface area contributed by atoms with Crippen LogP contribution in [0.2, 0.25) is 0 Å². The van der Waals surface area contributed by atoms with Gasteiger partial charge in [-0.15, -0.1) is 5.10 Å². The largest absolute Gasteiger partial charge is 0.326 e. The molecule has 3 rings (SSSR count). The van der Waals surface area contributed by atoms with Crippen molar-refractivity contribution in [2.45, 2.75) is 18.2 Å². The van der Waals surface area contributed by atoms with E-state index in [1.165, 1.54) is 35.0 Å². The fraction of sp³-hybridized carbons (Fsp3) is 0.176. The van der Waals surface area contributed by atoms with Crippen molar-refractivity contribution in [3.63, 3.8) is 0 Å². The van der Waals surface area contributed by atoms with Gasteiger partial charge in [0.25, 0.3) is 0 Å². The Morgan fingerprint density at radius 1 is 1.18 bits per heavy atom. The Balaban J connectivity index is 1.61. The van der Waals surface area contributed by atoms with E-state index < -0.39 is 21.7 Å². The molecule has 0 bridgehead atoms. The Bertz CT molecular complexity index is 1090. The topological polar surface area (TPSA) is 119 Å². The van der Waals surface area contributed by atoms with Gasteiger partial charge < -0.3 is 5.32 Å². The highest BCUT2D eigenvalue weighted by molar-refractivity contribution is 7.89. The monoisotopic (exact) mass is 404 g/mol. The molecule has 0 aliphatic heterocycles. The minimum atomic E-state index is -3.68. The van der Waals surface area contributed by atoms with Gasteiger partial charge in [0.05, 0.1) is 4.90 Å². The molecule has 0 spiro atoms. The van der Waals surface area contributed by atoms with Crippen LogP contribution < -0.4 is 10.0 Å². The van der Waals surface area contributed by atoms with E-state index in [-0.39, 0.29) is 23.5 Å². The Hall–Kier alpha value is -3.18. The highest BCUT2D eigenvalue weighted by Crippen LogP contribution is 2.19. The number of carbonyl (C=O) groups excluding carboxylic acids is 1. The standard InChI is InChI=1S/C17H17FN6O3S/c1-12-21-22-23-24(12)16-11-13(7-8-15(16)18)20-17(25)9-10-19-28(26,27)14-5-3-2-4-6-14/h2-8,11,19H,9-10H2,1H3,(H,20,25). The first kappa shape index (κ1) is 19.6. The van der Waals surface area contributed by atoms with E-state index >= 15 is 0 Å². The summed E-state index contributed by atoms with van der Waals surface area (Å²) in [4.78, 5) is 12.2. The van der Waals surface area contributed by atoms with Crippen molar-refractivity contribution >= 4 is 21.6 Å². The molecule has 0 radical (unpaired) electrons. The second-order valence-electron chi connectivity index (χ2n) is 5.81. The SMILES string of the molecule is Cc1nnnn1-c1cc(NC(=O)CCNS(=O)(=O)c2ccccc2)ccc1F. The number of amides is 1. The highest BCUT2D eigenvalue weighted by Gasteiger charge is 2.14. The van der Waals surface area contributed by atoms with E-state index in [2.05, 4.69) is 25.6 Å². The summed E-state index contributed by atoms with van der Waals surface area (Å²) in [5, 5.41) is 13.5. The number of benzene rings is 2. The molecule has 0 saturated heterocycles. The van der Waals surface area contributed by atoms with Gasteiger partial charge in [-0.25, -0.2) is 17.5 Å². The summed E-state index contributed by atoms with van der Waals surface area (Å²) >= 11 is 0. The maximum atomic E-state index is 14.0. The van der Waals surface area contributed by atoms with Crippen LogP contribution in [0.1, 0.15) is 12.2 Å². The van der Waals surface area contributed by atoms with E-state index in [1.54, 1.807) is 25.1 Å². The van der Waals surface area contributed by atoms with Crippen LogP contribution in [-0.2, 0) is 14.8 Å². The van der Waals surface area contributed by atoms with Crippen LogP contribution in [0.15, 0.2) is 53.4 Å². The predicted molar refractivity (Wildman–Crippen MR) is 98.7 cm³/mol. The second kappa shape index (κ2) is 8.23. The first-order valence-corrected chi connectivity index (χ1v) is 9.74. The van der Waals surface area contributed by atoms with E-state index in [4.69, 9.17) is 0 Å². The molecule has 3 aromatic rings. The van der Waals surface area contributed by atoms with E-state index in [0.29, 0.717) is 11.5 Å². The van der Waals surface area contributed by atoms with Crippen LogP contribution in [0, 0.1) is 12.7 Å². The van der Waals surface area contributed by atoms with Crippen LogP contribution in [0.25, 0.3) is 5.69 Å². The van der Waals surface area contributed by atoms with Gasteiger partial charge in [0.1, 0.15) is 11.5 Å². The number of hydrogen-bond acceptors (Lipinski definition) is 6. The number of rotatable bonds is 7. The summed E-state index contributed by atoms with van der Waals surface area (Å²) < 4.78 is 41.8. The number of aryl methyl sites for hydroxylation is 1. The van der Waals surface area contributed by atoms with Crippen molar-refractivity contribution in [2.24, 2.45) is 0 Å². The number of carbonyl (C=O) groups is 1. The number of hydrogen-bond donors (Lipinski definition) is 2. The fourth-order valence-corrected chi connectivity index (χ4v) is 3.47. The van der Waals surface area contributed by atoms with Crippen molar-refractivity contribution in [1.82, 2.24) is 24.9 Å². The van der Waals surface area contributed by atoms with E-state index in [0.717, 1.165) is 0 Å². The molecule has 0 aliphatic rings. The molecular weight excluding hydrogens is 387 g/mol. The molecule has 28 heavy (non-hydrogen) atoms. The fourth-order valence-electron chi connectivity index (χ4n) is 2.41. The highest BCUT2D eigenvalue weighted by atomic mass is 32.2. The predicted octanol–water partition coefficient (Wildman–Crippen LogP) is 1.42. The third kappa shape index (κ3) is 4.56. The van der Waals surface area contributed by atoms with Gasteiger partial charge in [-0.1, -0.05) is 18.2 Å². The molecular formula is C17H17FN6O3S. The molecule has 0 atom stereocenters. The van der Waals surface area contributed by atoms with Crippen LogP contribution in [0.3, 0.4) is 0 Å². The molecule has 9 nitrogen and oxygen atoms in total. The quantitative estimate of drug-likeness (QED) is 0.615. The van der Waals surface area contributed by atoms with Gasteiger partial charge in [0.15, 0.2) is 5.82 Å². The number of anilines is 1. The number of aromatic nitrogens is 4. The number of halogens is 1. The summed E-state index contributed by atoms with van der Waals surface area (Å²) in [7, 11) is -3.68. The molecule has 2 aromatic carbocycles. The van der Waals surface area contributed by atoms with Crippen molar-refractivity contribution in [3.05, 3.63) is 60.2 Å². The molecule has 0 aliphatic carbocycles. The summed E-state index contributed by atoms with van der Waals surface area (Å²) in [6.07, 6.45) is -0.0946.